The second-order valence-corrected chi connectivity index (χ2v) is 9.07. The van der Waals surface area contributed by atoms with Gasteiger partial charge in [0.2, 0.25) is 0 Å². The lowest BCUT2D eigenvalue weighted by molar-refractivity contribution is 0.0934. The Morgan fingerprint density at radius 3 is 2.66 bits per heavy atom. The van der Waals surface area contributed by atoms with Crippen LogP contribution in [0.2, 0.25) is 5.02 Å². The van der Waals surface area contributed by atoms with E-state index >= 15 is 0 Å². The first kappa shape index (κ1) is 22.2. The smallest absolute Gasteiger partial charge is 0.259 e. The Morgan fingerprint density at radius 2 is 1.88 bits per heavy atom. The molecule has 2 amide bonds. The largest absolute Gasteiger partial charge is 0.383 e. The number of carbonyl (C=O) groups is 2. The highest BCUT2D eigenvalue weighted by Crippen LogP contribution is 2.36. The molecule has 1 heterocycles. The van der Waals surface area contributed by atoms with Crippen molar-refractivity contribution < 1.29 is 18.5 Å². The van der Waals surface area contributed by atoms with Crippen LogP contribution in [0.3, 0.4) is 0 Å². The molecule has 0 aliphatic carbocycles. The summed E-state index contributed by atoms with van der Waals surface area (Å²) >= 11 is 6.15. The summed E-state index contributed by atoms with van der Waals surface area (Å²) in [5, 5.41) is 3.33. The van der Waals surface area contributed by atoms with Gasteiger partial charge in [0.25, 0.3) is 11.8 Å². The summed E-state index contributed by atoms with van der Waals surface area (Å²) < 4.78 is 18.4. The van der Waals surface area contributed by atoms with Crippen LogP contribution in [-0.4, -0.2) is 36.3 Å². The van der Waals surface area contributed by atoms with Crippen LogP contribution in [0, 0.1) is 0 Å². The molecule has 1 atom stereocenters. The first-order valence-electron chi connectivity index (χ1n) is 9.98. The zero-order valence-electron chi connectivity index (χ0n) is 17.3. The standard InChI is InChI=1S/C24H21ClN2O4S/c1-31-12-11-26-23(28)17-9-10-22-20(14-17)27(15-16-5-4-6-18(25)13-16)24(29)19-7-2-3-8-21(19)32(22)30/h2-10,13-14H,11-12,15H2,1H3,(H,26,28). The van der Waals surface area contributed by atoms with Gasteiger partial charge < -0.3 is 15.0 Å². The summed E-state index contributed by atoms with van der Waals surface area (Å²) in [6, 6.07) is 19.0. The molecular weight excluding hydrogens is 448 g/mol. The first-order chi connectivity index (χ1) is 15.5. The van der Waals surface area contributed by atoms with Crippen molar-refractivity contribution >= 4 is 39.9 Å². The zero-order valence-corrected chi connectivity index (χ0v) is 18.9. The SMILES string of the molecule is COCCNC(=O)c1ccc2c(c1)N(Cc1cccc(Cl)c1)C(=O)c1ccccc1S2=O. The van der Waals surface area contributed by atoms with E-state index in [1.165, 1.54) is 0 Å². The Kier molecular flexibility index (Phi) is 6.69. The molecule has 0 radical (unpaired) electrons. The quantitative estimate of drug-likeness (QED) is 0.554. The number of methoxy groups -OCH3 is 1. The lowest BCUT2D eigenvalue weighted by Gasteiger charge is -2.23. The maximum Gasteiger partial charge on any atom is 0.259 e. The molecule has 0 bridgehead atoms. The maximum absolute atomic E-state index is 13.6. The van der Waals surface area contributed by atoms with Crippen molar-refractivity contribution in [1.29, 1.82) is 0 Å². The van der Waals surface area contributed by atoms with Crippen molar-refractivity contribution in [1.82, 2.24) is 5.32 Å². The summed E-state index contributed by atoms with van der Waals surface area (Å²) in [5.74, 6) is -0.586. The van der Waals surface area contributed by atoms with Gasteiger partial charge in [-0.15, -0.1) is 0 Å². The molecule has 164 valence electrons. The van der Waals surface area contributed by atoms with E-state index in [4.69, 9.17) is 16.3 Å². The highest BCUT2D eigenvalue weighted by Gasteiger charge is 2.31. The van der Waals surface area contributed by atoms with Crippen molar-refractivity contribution in [3.63, 3.8) is 0 Å². The molecule has 0 fully saturated rings. The number of carbonyl (C=O) groups excluding carboxylic acids is 2. The highest BCUT2D eigenvalue weighted by molar-refractivity contribution is 7.85. The summed E-state index contributed by atoms with van der Waals surface area (Å²) in [5.41, 5.74) is 1.99. The summed E-state index contributed by atoms with van der Waals surface area (Å²) in [7, 11) is -0.0234. The van der Waals surface area contributed by atoms with E-state index in [-0.39, 0.29) is 18.4 Å². The molecule has 1 aliphatic rings. The number of anilines is 1. The third-order valence-electron chi connectivity index (χ3n) is 5.10. The van der Waals surface area contributed by atoms with Gasteiger partial charge in [0.15, 0.2) is 0 Å². The van der Waals surface area contributed by atoms with Gasteiger partial charge in [-0.2, -0.15) is 0 Å². The van der Waals surface area contributed by atoms with E-state index < -0.39 is 10.8 Å². The maximum atomic E-state index is 13.6. The Morgan fingerprint density at radius 1 is 1.06 bits per heavy atom. The van der Waals surface area contributed by atoms with Crippen LogP contribution in [0.1, 0.15) is 26.3 Å². The number of halogens is 1. The molecule has 3 aromatic rings. The van der Waals surface area contributed by atoms with Gasteiger partial charge in [0.05, 0.1) is 45.0 Å². The lowest BCUT2D eigenvalue weighted by atomic mass is 10.1. The van der Waals surface area contributed by atoms with E-state index in [0.29, 0.717) is 44.8 Å². The molecule has 0 saturated carbocycles. The van der Waals surface area contributed by atoms with Crippen LogP contribution in [0.4, 0.5) is 5.69 Å². The van der Waals surface area contributed by atoms with Crippen molar-refractivity contribution in [2.75, 3.05) is 25.2 Å². The summed E-state index contributed by atoms with van der Waals surface area (Å²) in [6.07, 6.45) is 0. The number of hydrogen-bond acceptors (Lipinski definition) is 4. The third-order valence-corrected chi connectivity index (χ3v) is 6.83. The van der Waals surface area contributed by atoms with Gasteiger partial charge in [0, 0.05) is 24.2 Å². The van der Waals surface area contributed by atoms with Crippen LogP contribution < -0.4 is 10.2 Å². The Labute approximate surface area is 193 Å². The number of amides is 2. The van der Waals surface area contributed by atoms with Crippen LogP contribution >= 0.6 is 11.6 Å². The number of nitrogens with zero attached hydrogens (tertiary/aromatic N) is 1. The number of benzene rings is 3. The first-order valence-corrected chi connectivity index (χ1v) is 11.5. The van der Waals surface area contributed by atoms with Crippen LogP contribution in [0.5, 0.6) is 0 Å². The van der Waals surface area contributed by atoms with Crippen molar-refractivity contribution in [2.45, 2.75) is 16.3 Å². The van der Waals surface area contributed by atoms with Gasteiger partial charge in [-0.25, -0.2) is 4.21 Å². The van der Waals surface area contributed by atoms with Gasteiger partial charge in [-0.1, -0.05) is 35.9 Å². The molecule has 8 heteroatoms. The van der Waals surface area contributed by atoms with Gasteiger partial charge in [-0.3, -0.25) is 9.59 Å². The molecule has 3 aromatic carbocycles. The minimum absolute atomic E-state index is 0.215. The van der Waals surface area contributed by atoms with E-state index in [2.05, 4.69) is 5.32 Å². The number of rotatable bonds is 6. The topological polar surface area (TPSA) is 75.7 Å². The average Bonchev–Trinajstić information content (AvgIpc) is 2.89. The molecular formula is C24H21ClN2O4S. The second kappa shape index (κ2) is 9.65. The fourth-order valence-electron chi connectivity index (χ4n) is 3.55. The number of fused-ring (bicyclic) bond motifs is 2. The monoisotopic (exact) mass is 468 g/mol. The number of hydrogen-bond donors (Lipinski definition) is 1. The predicted octanol–water partition coefficient (Wildman–Crippen LogP) is 4.04. The molecule has 1 aliphatic heterocycles. The van der Waals surface area contributed by atoms with Gasteiger partial charge >= 0.3 is 0 Å². The Hall–Kier alpha value is -3.00. The molecule has 1 unspecified atom stereocenters. The van der Waals surface area contributed by atoms with Crippen molar-refractivity contribution in [3.05, 3.63) is 88.4 Å². The minimum Gasteiger partial charge on any atom is -0.383 e. The van der Waals surface area contributed by atoms with Crippen LogP contribution in [-0.2, 0) is 22.1 Å². The molecule has 0 saturated heterocycles. The molecule has 4 rings (SSSR count). The summed E-state index contributed by atoms with van der Waals surface area (Å²) in [4.78, 5) is 28.7. The Bertz CT molecular complexity index is 1210. The van der Waals surface area contributed by atoms with Gasteiger partial charge in [0.1, 0.15) is 0 Å². The zero-order chi connectivity index (χ0) is 22.7. The highest BCUT2D eigenvalue weighted by atomic mass is 35.5. The van der Waals surface area contributed by atoms with Crippen molar-refractivity contribution in [2.24, 2.45) is 0 Å². The third kappa shape index (κ3) is 4.46. The average molecular weight is 469 g/mol. The minimum atomic E-state index is -1.58. The molecule has 32 heavy (non-hydrogen) atoms. The van der Waals surface area contributed by atoms with Crippen molar-refractivity contribution in [3.8, 4) is 0 Å². The fraction of sp³-hybridized carbons (Fsp3) is 0.167. The number of nitrogens with one attached hydrogen (secondary N) is 1. The predicted molar refractivity (Wildman–Crippen MR) is 124 cm³/mol. The normalized spacial score (nSPS) is 15.0. The molecule has 0 aromatic heterocycles. The summed E-state index contributed by atoms with van der Waals surface area (Å²) in [6.45, 7) is 0.955. The fourth-order valence-corrected chi connectivity index (χ4v) is 5.11. The van der Waals surface area contributed by atoms with E-state index in [0.717, 1.165) is 5.56 Å². The van der Waals surface area contributed by atoms with E-state index in [1.807, 2.05) is 12.1 Å². The second-order valence-electron chi connectivity index (χ2n) is 7.22. The number of ether oxygens (including phenoxy) is 1. The van der Waals surface area contributed by atoms with Crippen LogP contribution in [0.25, 0.3) is 0 Å². The molecule has 0 spiro atoms. The van der Waals surface area contributed by atoms with Gasteiger partial charge in [-0.05, 0) is 48.0 Å². The Balaban J connectivity index is 1.81. The molecule has 6 nitrogen and oxygen atoms in total. The van der Waals surface area contributed by atoms with E-state index in [9.17, 15) is 13.8 Å². The lowest BCUT2D eigenvalue weighted by Crippen LogP contribution is -2.31. The van der Waals surface area contributed by atoms with E-state index in [1.54, 1.807) is 66.6 Å². The van der Waals surface area contributed by atoms with Crippen LogP contribution in [0.15, 0.2) is 76.5 Å². The molecule has 1 N–H and O–H groups in total.